The molecule has 1 aliphatic heterocycles. The van der Waals surface area contributed by atoms with Crippen LogP contribution in [0.2, 0.25) is 0 Å². The van der Waals surface area contributed by atoms with Crippen LogP contribution in [0.5, 0.6) is 0 Å². The van der Waals surface area contributed by atoms with Gasteiger partial charge in [0.2, 0.25) is 0 Å². The minimum Gasteiger partial charge on any atom is -0.288 e. The van der Waals surface area contributed by atoms with E-state index in [1.54, 1.807) is 23.5 Å². The Morgan fingerprint density at radius 2 is 1.78 bits per heavy atom. The summed E-state index contributed by atoms with van der Waals surface area (Å²) in [5.74, 6) is 1.30. The molecule has 0 bridgehead atoms. The van der Waals surface area contributed by atoms with Crippen molar-refractivity contribution in [3.63, 3.8) is 0 Å². The van der Waals surface area contributed by atoms with E-state index < -0.39 is 0 Å². The fourth-order valence-corrected chi connectivity index (χ4v) is 3.86. The van der Waals surface area contributed by atoms with E-state index in [1.165, 1.54) is 0 Å². The lowest BCUT2D eigenvalue weighted by Gasteiger charge is -2.13. The molecule has 1 aromatic rings. The van der Waals surface area contributed by atoms with Crippen molar-refractivity contribution in [1.29, 1.82) is 0 Å². The van der Waals surface area contributed by atoms with Gasteiger partial charge in [-0.1, -0.05) is 13.8 Å². The van der Waals surface area contributed by atoms with Crippen LogP contribution in [-0.2, 0) is 0 Å². The van der Waals surface area contributed by atoms with Crippen molar-refractivity contribution in [3.8, 4) is 0 Å². The maximum absolute atomic E-state index is 11.8. The normalized spacial score (nSPS) is 13.7. The van der Waals surface area contributed by atoms with Gasteiger partial charge in [0, 0.05) is 9.79 Å². The number of carbonyl (C=O) groups excluding carboxylic acids is 2. The van der Waals surface area contributed by atoms with E-state index in [0.717, 1.165) is 26.9 Å². The molecule has 0 unspecified atom stereocenters. The van der Waals surface area contributed by atoms with Gasteiger partial charge in [-0.15, -0.1) is 23.5 Å². The SMILES string of the molecule is CCSc1cc2c(c(SCC)c1C)C(=O)NC2=O. The highest BCUT2D eigenvalue weighted by Crippen LogP contribution is 2.37. The number of hydrogen-bond donors (Lipinski definition) is 1. The summed E-state index contributed by atoms with van der Waals surface area (Å²) in [4.78, 5) is 25.6. The summed E-state index contributed by atoms with van der Waals surface area (Å²) >= 11 is 3.33. The van der Waals surface area contributed by atoms with Gasteiger partial charge in [0.1, 0.15) is 0 Å². The molecule has 0 fully saturated rings. The molecule has 0 saturated heterocycles. The lowest BCUT2D eigenvalue weighted by molar-refractivity contribution is 0.0878. The first-order valence-corrected chi connectivity index (χ1v) is 7.86. The van der Waals surface area contributed by atoms with Crippen molar-refractivity contribution in [1.82, 2.24) is 5.32 Å². The number of imide groups is 1. The fraction of sp³-hybridized carbons (Fsp3) is 0.385. The molecule has 0 saturated carbocycles. The van der Waals surface area contributed by atoms with Gasteiger partial charge in [0.15, 0.2) is 0 Å². The predicted octanol–water partition coefficient (Wildman–Crippen LogP) is 3.10. The fourth-order valence-electron chi connectivity index (χ4n) is 2.00. The zero-order valence-corrected chi connectivity index (χ0v) is 12.3. The largest absolute Gasteiger partial charge is 0.288 e. The number of carbonyl (C=O) groups is 2. The first-order chi connectivity index (χ1) is 8.60. The highest BCUT2D eigenvalue weighted by atomic mass is 32.2. The molecule has 0 aromatic heterocycles. The quantitative estimate of drug-likeness (QED) is 0.680. The van der Waals surface area contributed by atoms with E-state index in [1.807, 2.05) is 19.9 Å². The summed E-state index contributed by atoms with van der Waals surface area (Å²) < 4.78 is 0. The third kappa shape index (κ3) is 2.17. The summed E-state index contributed by atoms with van der Waals surface area (Å²) in [6.45, 7) is 6.15. The highest BCUT2D eigenvalue weighted by Gasteiger charge is 2.31. The summed E-state index contributed by atoms with van der Waals surface area (Å²) in [6.07, 6.45) is 0. The van der Waals surface area contributed by atoms with Crippen molar-refractivity contribution >= 4 is 35.3 Å². The molecule has 0 radical (unpaired) electrons. The zero-order valence-electron chi connectivity index (χ0n) is 10.6. The molecule has 2 rings (SSSR count). The molecule has 0 atom stereocenters. The first-order valence-electron chi connectivity index (χ1n) is 5.89. The summed E-state index contributed by atoms with van der Waals surface area (Å²) in [5.41, 5.74) is 2.19. The molecule has 0 aliphatic carbocycles. The first kappa shape index (κ1) is 13.5. The average molecular weight is 281 g/mol. The van der Waals surface area contributed by atoms with Crippen LogP contribution in [0.25, 0.3) is 0 Å². The lowest BCUT2D eigenvalue weighted by atomic mass is 10.1. The Morgan fingerprint density at radius 3 is 2.39 bits per heavy atom. The Balaban J connectivity index is 2.65. The number of nitrogens with one attached hydrogen (secondary N) is 1. The Kier molecular flexibility index (Phi) is 4.02. The van der Waals surface area contributed by atoms with Gasteiger partial charge in [-0.3, -0.25) is 14.9 Å². The van der Waals surface area contributed by atoms with Crippen LogP contribution in [0.4, 0.5) is 0 Å². The minimum atomic E-state index is -0.272. The molecule has 18 heavy (non-hydrogen) atoms. The minimum absolute atomic E-state index is 0.262. The molecule has 2 amide bonds. The van der Waals surface area contributed by atoms with E-state index in [0.29, 0.717) is 11.1 Å². The topological polar surface area (TPSA) is 46.2 Å². The van der Waals surface area contributed by atoms with Gasteiger partial charge in [-0.05, 0) is 30.1 Å². The molecule has 1 aliphatic rings. The van der Waals surface area contributed by atoms with Gasteiger partial charge in [-0.25, -0.2) is 0 Å². The number of fused-ring (bicyclic) bond motifs is 1. The molecule has 1 aromatic carbocycles. The second kappa shape index (κ2) is 5.36. The Labute approximate surface area is 115 Å². The molecule has 0 spiro atoms. The second-order valence-electron chi connectivity index (χ2n) is 3.90. The summed E-state index contributed by atoms with van der Waals surface area (Å²) in [5, 5.41) is 2.38. The van der Waals surface area contributed by atoms with Crippen molar-refractivity contribution in [2.75, 3.05) is 11.5 Å². The van der Waals surface area contributed by atoms with Crippen LogP contribution in [0.3, 0.4) is 0 Å². The Hall–Kier alpha value is -0.940. The van der Waals surface area contributed by atoms with Crippen molar-refractivity contribution in [3.05, 3.63) is 22.8 Å². The molecular formula is C13H15NO2S2. The lowest BCUT2D eigenvalue weighted by Crippen LogP contribution is -2.20. The van der Waals surface area contributed by atoms with Crippen molar-refractivity contribution in [2.24, 2.45) is 0 Å². The third-order valence-electron chi connectivity index (χ3n) is 2.77. The van der Waals surface area contributed by atoms with E-state index in [-0.39, 0.29) is 11.8 Å². The molecule has 1 heterocycles. The Morgan fingerprint density at radius 1 is 1.11 bits per heavy atom. The van der Waals surface area contributed by atoms with Crippen molar-refractivity contribution in [2.45, 2.75) is 30.6 Å². The zero-order chi connectivity index (χ0) is 13.3. The van der Waals surface area contributed by atoms with E-state index >= 15 is 0 Å². The van der Waals surface area contributed by atoms with Gasteiger partial charge in [-0.2, -0.15) is 0 Å². The number of hydrogen-bond acceptors (Lipinski definition) is 4. The Bertz CT molecular complexity index is 526. The second-order valence-corrected chi connectivity index (χ2v) is 6.48. The van der Waals surface area contributed by atoms with Gasteiger partial charge in [0.25, 0.3) is 11.8 Å². The van der Waals surface area contributed by atoms with Crippen LogP contribution in [0.15, 0.2) is 15.9 Å². The highest BCUT2D eigenvalue weighted by molar-refractivity contribution is 8.00. The van der Waals surface area contributed by atoms with Crippen LogP contribution < -0.4 is 5.32 Å². The van der Waals surface area contributed by atoms with Gasteiger partial charge in [0.05, 0.1) is 11.1 Å². The molecular weight excluding hydrogens is 266 g/mol. The number of benzene rings is 1. The van der Waals surface area contributed by atoms with Crippen LogP contribution in [0, 0.1) is 6.92 Å². The van der Waals surface area contributed by atoms with Crippen molar-refractivity contribution < 1.29 is 9.59 Å². The number of thioether (sulfide) groups is 2. The van der Waals surface area contributed by atoms with Gasteiger partial charge < -0.3 is 0 Å². The van der Waals surface area contributed by atoms with Crippen LogP contribution >= 0.6 is 23.5 Å². The third-order valence-corrected chi connectivity index (χ3v) is 4.88. The smallest absolute Gasteiger partial charge is 0.260 e. The predicted molar refractivity (Wildman–Crippen MR) is 75.8 cm³/mol. The molecule has 5 heteroatoms. The number of rotatable bonds is 4. The molecule has 3 nitrogen and oxygen atoms in total. The monoisotopic (exact) mass is 281 g/mol. The van der Waals surface area contributed by atoms with Gasteiger partial charge >= 0.3 is 0 Å². The van der Waals surface area contributed by atoms with E-state index in [9.17, 15) is 9.59 Å². The molecule has 1 N–H and O–H groups in total. The molecule has 96 valence electrons. The maximum atomic E-state index is 11.8. The average Bonchev–Trinajstić information content (AvgIpc) is 2.60. The van der Waals surface area contributed by atoms with Crippen LogP contribution in [0.1, 0.15) is 40.1 Å². The maximum Gasteiger partial charge on any atom is 0.260 e. The van der Waals surface area contributed by atoms with E-state index in [4.69, 9.17) is 0 Å². The summed E-state index contributed by atoms with van der Waals surface area (Å²) in [6, 6.07) is 1.85. The summed E-state index contributed by atoms with van der Waals surface area (Å²) in [7, 11) is 0. The van der Waals surface area contributed by atoms with Crippen LogP contribution in [-0.4, -0.2) is 23.3 Å². The standard InChI is InChI=1S/C13H15NO2S2/c1-4-17-9-6-8-10(13(16)14-12(8)15)11(7(9)3)18-5-2/h6H,4-5H2,1-3H3,(H,14,15,16). The number of amides is 2. The van der Waals surface area contributed by atoms with E-state index in [2.05, 4.69) is 12.2 Å².